The zero-order valence-corrected chi connectivity index (χ0v) is 16.5. The Morgan fingerprint density at radius 1 is 0.893 bits per heavy atom. The van der Waals surface area contributed by atoms with Crippen LogP contribution < -0.4 is 15.4 Å². The summed E-state index contributed by atoms with van der Waals surface area (Å²) >= 11 is 11.7. The second kappa shape index (κ2) is 10.5. The normalized spacial score (nSPS) is 10.1. The maximum atomic E-state index is 11.9. The van der Waals surface area contributed by atoms with Gasteiger partial charge in [0.15, 0.2) is 6.61 Å². The molecule has 28 heavy (non-hydrogen) atoms. The predicted molar refractivity (Wildman–Crippen MR) is 107 cm³/mol. The van der Waals surface area contributed by atoms with E-state index in [1.165, 1.54) is 13.2 Å². The first-order valence-corrected chi connectivity index (χ1v) is 8.97. The van der Waals surface area contributed by atoms with Gasteiger partial charge in [-0.3, -0.25) is 14.4 Å². The van der Waals surface area contributed by atoms with E-state index in [-0.39, 0.29) is 18.7 Å². The maximum absolute atomic E-state index is 11.9. The number of esters is 1. The van der Waals surface area contributed by atoms with Crippen molar-refractivity contribution >= 4 is 52.4 Å². The van der Waals surface area contributed by atoms with Gasteiger partial charge in [0.25, 0.3) is 5.91 Å². The molecule has 2 rings (SSSR count). The number of hydrogen-bond acceptors (Lipinski definition) is 5. The van der Waals surface area contributed by atoms with Gasteiger partial charge >= 0.3 is 5.97 Å². The third-order valence-electron chi connectivity index (χ3n) is 3.48. The Morgan fingerprint density at radius 3 is 2.25 bits per heavy atom. The number of carbonyl (C=O) groups excluding carboxylic acids is 3. The van der Waals surface area contributed by atoms with Gasteiger partial charge < -0.3 is 20.1 Å². The Morgan fingerprint density at radius 2 is 1.57 bits per heavy atom. The van der Waals surface area contributed by atoms with Crippen LogP contribution >= 0.6 is 23.2 Å². The summed E-state index contributed by atoms with van der Waals surface area (Å²) in [6.07, 6.45) is -0.238. The lowest BCUT2D eigenvalue weighted by Crippen LogP contribution is -2.22. The van der Waals surface area contributed by atoms with E-state index in [1.54, 1.807) is 36.4 Å². The molecular formula is C19H18Cl2N2O5. The van der Waals surface area contributed by atoms with Crippen LogP contribution in [0.4, 0.5) is 11.4 Å². The van der Waals surface area contributed by atoms with Gasteiger partial charge in [-0.15, -0.1) is 0 Å². The van der Waals surface area contributed by atoms with Crippen molar-refractivity contribution in [3.63, 3.8) is 0 Å². The monoisotopic (exact) mass is 424 g/mol. The van der Waals surface area contributed by atoms with Crippen LogP contribution in [0, 0.1) is 0 Å². The number of amides is 2. The predicted octanol–water partition coefficient (Wildman–Crippen LogP) is 3.90. The van der Waals surface area contributed by atoms with E-state index in [0.717, 1.165) is 0 Å². The van der Waals surface area contributed by atoms with Crippen LogP contribution in [-0.2, 0) is 19.1 Å². The van der Waals surface area contributed by atoms with Crippen molar-refractivity contribution in [2.24, 2.45) is 0 Å². The highest BCUT2D eigenvalue weighted by Gasteiger charge is 2.13. The van der Waals surface area contributed by atoms with Gasteiger partial charge in [0.1, 0.15) is 5.75 Å². The van der Waals surface area contributed by atoms with Crippen LogP contribution in [0.5, 0.6) is 5.75 Å². The van der Waals surface area contributed by atoms with Gasteiger partial charge in [-0.25, -0.2) is 0 Å². The van der Waals surface area contributed by atoms with Crippen LogP contribution in [0.15, 0.2) is 42.5 Å². The largest absolute Gasteiger partial charge is 0.495 e. The molecule has 7 nitrogen and oxygen atoms in total. The summed E-state index contributed by atoms with van der Waals surface area (Å²) in [4.78, 5) is 35.5. The van der Waals surface area contributed by atoms with Gasteiger partial charge in [-0.05, 0) is 42.5 Å². The lowest BCUT2D eigenvalue weighted by molar-refractivity contribution is -0.147. The minimum absolute atomic E-state index is 0.0782. The van der Waals surface area contributed by atoms with E-state index in [0.29, 0.717) is 27.2 Å². The molecule has 0 saturated heterocycles. The zero-order chi connectivity index (χ0) is 20.5. The number of methoxy groups -OCH3 is 1. The van der Waals surface area contributed by atoms with E-state index in [1.807, 2.05) is 0 Å². The van der Waals surface area contributed by atoms with E-state index in [4.69, 9.17) is 32.7 Å². The lowest BCUT2D eigenvalue weighted by Gasteiger charge is -2.11. The van der Waals surface area contributed by atoms with Gasteiger partial charge in [-0.1, -0.05) is 23.2 Å². The van der Waals surface area contributed by atoms with Gasteiger partial charge in [-0.2, -0.15) is 0 Å². The summed E-state index contributed by atoms with van der Waals surface area (Å²) in [5, 5.41) is 6.14. The summed E-state index contributed by atoms with van der Waals surface area (Å²) in [7, 11) is 1.45. The Kier molecular flexibility index (Phi) is 8.10. The zero-order valence-electron chi connectivity index (χ0n) is 15.0. The summed E-state index contributed by atoms with van der Waals surface area (Å²) in [6.45, 7) is -0.493. The fraction of sp³-hybridized carbons (Fsp3) is 0.211. The Hall–Kier alpha value is -2.77. The first-order valence-electron chi connectivity index (χ1n) is 8.22. The van der Waals surface area contributed by atoms with Crippen molar-refractivity contribution in [2.75, 3.05) is 24.4 Å². The average molecular weight is 425 g/mol. The second-order valence-corrected chi connectivity index (χ2v) is 6.48. The molecule has 0 spiro atoms. The van der Waals surface area contributed by atoms with Crippen molar-refractivity contribution in [1.82, 2.24) is 0 Å². The molecule has 2 N–H and O–H groups in total. The van der Waals surface area contributed by atoms with Crippen molar-refractivity contribution in [3.05, 3.63) is 52.5 Å². The lowest BCUT2D eigenvalue weighted by atomic mass is 10.2. The number of anilines is 2. The quantitative estimate of drug-likeness (QED) is 0.626. The van der Waals surface area contributed by atoms with Crippen LogP contribution in [0.1, 0.15) is 12.8 Å². The van der Waals surface area contributed by atoms with E-state index in [2.05, 4.69) is 10.6 Å². The summed E-state index contributed by atoms with van der Waals surface area (Å²) < 4.78 is 9.99. The van der Waals surface area contributed by atoms with Crippen LogP contribution in [0.2, 0.25) is 10.0 Å². The highest BCUT2D eigenvalue weighted by Crippen LogP contribution is 2.27. The molecule has 0 aliphatic rings. The van der Waals surface area contributed by atoms with E-state index < -0.39 is 18.5 Å². The summed E-state index contributed by atoms with van der Waals surface area (Å²) in [5.41, 5.74) is 0.927. The fourth-order valence-corrected chi connectivity index (χ4v) is 2.45. The SMILES string of the molecule is COc1ccc(Cl)cc1NC(=O)COC(=O)CCC(=O)Nc1ccc(Cl)cc1. The summed E-state index contributed by atoms with van der Waals surface area (Å²) in [6, 6.07) is 11.3. The molecule has 0 heterocycles. The molecule has 0 aromatic heterocycles. The first kappa shape index (κ1) is 21.5. The molecule has 0 atom stereocenters. The molecule has 0 bridgehead atoms. The van der Waals surface area contributed by atoms with E-state index >= 15 is 0 Å². The Labute approximate surface area is 171 Å². The van der Waals surface area contributed by atoms with Crippen molar-refractivity contribution in [2.45, 2.75) is 12.8 Å². The van der Waals surface area contributed by atoms with Gasteiger partial charge in [0.2, 0.25) is 5.91 Å². The molecule has 2 amide bonds. The third-order valence-corrected chi connectivity index (χ3v) is 3.97. The number of hydrogen-bond donors (Lipinski definition) is 2. The highest BCUT2D eigenvalue weighted by atomic mass is 35.5. The standard InChI is InChI=1S/C19H18Cl2N2O5/c1-27-16-7-4-13(21)10-15(16)23-18(25)11-28-19(26)9-8-17(24)22-14-5-2-12(20)3-6-14/h2-7,10H,8-9,11H2,1H3,(H,22,24)(H,23,25). The summed E-state index contributed by atoms with van der Waals surface area (Å²) in [5.74, 6) is -1.16. The number of halogens is 2. The maximum Gasteiger partial charge on any atom is 0.306 e. The molecule has 0 aliphatic heterocycles. The molecule has 2 aromatic rings. The van der Waals surface area contributed by atoms with E-state index in [9.17, 15) is 14.4 Å². The van der Waals surface area contributed by atoms with Crippen LogP contribution in [-0.4, -0.2) is 31.5 Å². The number of benzene rings is 2. The van der Waals surface area contributed by atoms with Gasteiger partial charge in [0.05, 0.1) is 19.2 Å². The second-order valence-electron chi connectivity index (χ2n) is 5.61. The first-order chi connectivity index (χ1) is 13.4. The molecule has 0 saturated carbocycles. The number of rotatable bonds is 8. The number of ether oxygens (including phenoxy) is 2. The minimum atomic E-state index is -0.667. The minimum Gasteiger partial charge on any atom is -0.495 e. The van der Waals surface area contributed by atoms with Crippen LogP contribution in [0.3, 0.4) is 0 Å². The van der Waals surface area contributed by atoms with Crippen molar-refractivity contribution in [1.29, 1.82) is 0 Å². The third kappa shape index (κ3) is 7.09. The van der Waals surface area contributed by atoms with Crippen LogP contribution in [0.25, 0.3) is 0 Å². The Bertz CT molecular complexity index is 856. The topological polar surface area (TPSA) is 93.7 Å². The van der Waals surface area contributed by atoms with Crippen molar-refractivity contribution < 1.29 is 23.9 Å². The van der Waals surface area contributed by atoms with Gasteiger partial charge in [0, 0.05) is 22.2 Å². The average Bonchev–Trinajstić information content (AvgIpc) is 2.67. The Balaban J connectivity index is 1.73. The molecule has 9 heteroatoms. The smallest absolute Gasteiger partial charge is 0.306 e. The van der Waals surface area contributed by atoms with Crippen molar-refractivity contribution in [3.8, 4) is 5.75 Å². The molecular weight excluding hydrogens is 407 g/mol. The fourth-order valence-electron chi connectivity index (χ4n) is 2.15. The molecule has 0 fully saturated rings. The number of nitrogens with one attached hydrogen (secondary N) is 2. The number of carbonyl (C=O) groups is 3. The molecule has 0 radical (unpaired) electrons. The molecule has 0 aliphatic carbocycles. The molecule has 2 aromatic carbocycles. The highest BCUT2D eigenvalue weighted by molar-refractivity contribution is 6.31. The molecule has 0 unspecified atom stereocenters. The molecule has 148 valence electrons.